The Morgan fingerprint density at radius 2 is 1.96 bits per heavy atom. The topological polar surface area (TPSA) is 61.4 Å². The lowest BCUT2D eigenvalue weighted by atomic mass is 9.85. The van der Waals surface area contributed by atoms with E-state index in [1.807, 2.05) is 17.0 Å². The van der Waals surface area contributed by atoms with Crippen LogP contribution in [0.5, 0.6) is 0 Å². The molecule has 1 saturated carbocycles. The molecule has 2 aliphatic heterocycles. The van der Waals surface area contributed by atoms with Gasteiger partial charge in [0, 0.05) is 32.1 Å². The molecule has 0 spiro atoms. The molecule has 0 radical (unpaired) electrons. The first-order valence-electron chi connectivity index (χ1n) is 10.1. The maximum absolute atomic E-state index is 12.6. The maximum Gasteiger partial charge on any atom is 0.237 e. The Morgan fingerprint density at radius 1 is 1.15 bits per heavy atom. The van der Waals surface area contributed by atoms with E-state index in [2.05, 4.69) is 22.8 Å². The summed E-state index contributed by atoms with van der Waals surface area (Å²) in [6.07, 6.45) is 7.64. The van der Waals surface area contributed by atoms with Crippen molar-refractivity contribution in [2.24, 2.45) is 5.92 Å². The van der Waals surface area contributed by atoms with Gasteiger partial charge in [-0.25, -0.2) is 0 Å². The van der Waals surface area contributed by atoms with Crippen LogP contribution < -0.4 is 10.6 Å². The number of fused-ring (bicyclic) bond motifs is 1. The molecule has 2 amide bonds. The van der Waals surface area contributed by atoms with Crippen molar-refractivity contribution in [3.05, 3.63) is 35.4 Å². The van der Waals surface area contributed by atoms with Gasteiger partial charge >= 0.3 is 0 Å². The number of amides is 2. The predicted octanol–water partition coefficient (Wildman–Crippen LogP) is 2.35. The van der Waals surface area contributed by atoms with E-state index in [4.69, 9.17) is 0 Å². The first kappa shape index (κ1) is 17.5. The van der Waals surface area contributed by atoms with Gasteiger partial charge in [0.25, 0.3) is 0 Å². The summed E-state index contributed by atoms with van der Waals surface area (Å²) in [5.74, 6) is 1.03. The van der Waals surface area contributed by atoms with Crippen molar-refractivity contribution in [3.8, 4) is 0 Å². The zero-order valence-corrected chi connectivity index (χ0v) is 15.4. The zero-order chi connectivity index (χ0) is 17.9. The number of carbonyl (C=O) groups excluding carboxylic acids is 2. The summed E-state index contributed by atoms with van der Waals surface area (Å²) in [6, 6.07) is 8.61. The lowest BCUT2D eigenvalue weighted by molar-refractivity contribution is -0.128. The first-order chi connectivity index (χ1) is 12.7. The minimum Gasteiger partial charge on any atom is -0.351 e. The van der Waals surface area contributed by atoms with Crippen molar-refractivity contribution >= 4 is 11.8 Å². The minimum absolute atomic E-state index is 0.0459. The summed E-state index contributed by atoms with van der Waals surface area (Å²) in [5, 5.41) is 6.67. The molecule has 1 aromatic carbocycles. The molecule has 3 atom stereocenters. The van der Waals surface area contributed by atoms with Crippen molar-refractivity contribution in [2.45, 2.75) is 70.1 Å². The van der Waals surface area contributed by atoms with Gasteiger partial charge in [-0.2, -0.15) is 0 Å². The second-order valence-electron chi connectivity index (χ2n) is 8.01. The average Bonchev–Trinajstić information content (AvgIpc) is 3.27. The third-order valence-electron chi connectivity index (χ3n) is 6.28. The SMILES string of the molecule is O=C(NCc1ccccc1CN1CCCC1=O)C1CC2CCCCC2N1. The lowest BCUT2D eigenvalue weighted by Crippen LogP contribution is -2.43. The molecule has 2 saturated heterocycles. The van der Waals surface area contributed by atoms with Crippen LogP contribution in [0.15, 0.2) is 24.3 Å². The van der Waals surface area contributed by atoms with E-state index in [-0.39, 0.29) is 17.9 Å². The van der Waals surface area contributed by atoms with Crippen molar-refractivity contribution in [2.75, 3.05) is 6.54 Å². The second-order valence-corrected chi connectivity index (χ2v) is 8.01. The standard InChI is InChI=1S/C21H29N3O2/c25-20-10-5-11-24(20)14-17-8-2-1-7-16(17)13-22-21(26)19-12-15-6-3-4-9-18(15)23-19/h1-2,7-8,15,18-19,23H,3-6,9-14H2,(H,22,26). The summed E-state index contributed by atoms with van der Waals surface area (Å²) >= 11 is 0. The van der Waals surface area contributed by atoms with Crippen LogP contribution in [0.1, 0.15) is 56.1 Å². The summed E-state index contributed by atoms with van der Waals surface area (Å²) < 4.78 is 0. The Balaban J connectivity index is 1.34. The van der Waals surface area contributed by atoms with Crippen LogP contribution in [0, 0.1) is 5.92 Å². The molecular weight excluding hydrogens is 326 g/mol. The molecule has 26 heavy (non-hydrogen) atoms. The minimum atomic E-state index is -0.0459. The third kappa shape index (κ3) is 3.78. The number of rotatable bonds is 5. The highest BCUT2D eigenvalue weighted by Crippen LogP contribution is 2.33. The van der Waals surface area contributed by atoms with Crippen molar-refractivity contribution in [1.82, 2.24) is 15.5 Å². The average molecular weight is 355 g/mol. The second kappa shape index (κ2) is 7.78. The van der Waals surface area contributed by atoms with E-state index in [0.717, 1.165) is 30.5 Å². The molecule has 3 aliphatic rings. The van der Waals surface area contributed by atoms with Crippen LogP contribution >= 0.6 is 0 Å². The molecule has 2 heterocycles. The van der Waals surface area contributed by atoms with Gasteiger partial charge in [0.05, 0.1) is 6.04 Å². The van der Waals surface area contributed by atoms with Gasteiger partial charge in [-0.3, -0.25) is 9.59 Å². The van der Waals surface area contributed by atoms with Gasteiger partial charge in [-0.1, -0.05) is 37.1 Å². The highest BCUT2D eigenvalue weighted by atomic mass is 16.2. The van der Waals surface area contributed by atoms with Gasteiger partial charge in [-0.15, -0.1) is 0 Å². The number of benzene rings is 1. The quantitative estimate of drug-likeness (QED) is 0.852. The molecule has 0 bridgehead atoms. The van der Waals surface area contributed by atoms with Crippen molar-refractivity contribution in [1.29, 1.82) is 0 Å². The summed E-state index contributed by atoms with van der Waals surface area (Å²) in [6.45, 7) is 2.02. The molecule has 1 aliphatic carbocycles. The normalized spacial score (nSPS) is 28.2. The van der Waals surface area contributed by atoms with E-state index in [9.17, 15) is 9.59 Å². The molecule has 5 heteroatoms. The Bertz CT molecular complexity index is 661. The lowest BCUT2D eigenvalue weighted by Gasteiger charge is -2.24. The maximum atomic E-state index is 12.6. The van der Waals surface area contributed by atoms with Crippen LogP contribution in [0.3, 0.4) is 0 Å². The van der Waals surface area contributed by atoms with Crippen LogP contribution in [-0.2, 0) is 22.7 Å². The molecule has 5 nitrogen and oxygen atoms in total. The molecule has 1 aromatic rings. The number of nitrogens with zero attached hydrogens (tertiary/aromatic N) is 1. The Kier molecular flexibility index (Phi) is 5.25. The fourth-order valence-electron chi connectivity index (χ4n) is 4.79. The number of hydrogen-bond acceptors (Lipinski definition) is 3. The largest absolute Gasteiger partial charge is 0.351 e. The smallest absolute Gasteiger partial charge is 0.237 e. The Hall–Kier alpha value is -1.88. The molecule has 3 fully saturated rings. The van der Waals surface area contributed by atoms with Crippen molar-refractivity contribution in [3.63, 3.8) is 0 Å². The number of likely N-dealkylation sites (tertiary alicyclic amines) is 1. The zero-order valence-electron chi connectivity index (χ0n) is 15.4. The first-order valence-corrected chi connectivity index (χ1v) is 10.1. The molecule has 140 valence electrons. The van der Waals surface area contributed by atoms with Gasteiger partial charge in [0.2, 0.25) is 11.8 Å². The number of carbonyl (C=O) groups is 2. The highest BCUT2D eigenvalue weighted by Gasteiger charge is 2.38. The van der Waals surface area contributed by atoms with Gasteiger partial charge < -0.3 is 15.5 Å². The number of nitrogens with one attached hydrogen (secondary N) is 2. The molecule has 2 N–H and O–H groups in total. The molecule has 0 aromatic heterocycles. The van der Waals surface area contributed by atoms with Crippen LogP contribution in [0.4, 0.5) is 0 Å². The Morgan fingerprint density at radius 3 is 2.73 bits per heavy atom. The third-order valence-corrected chi connectivity index (χ3v) is 6.28. The van der Waals surface area contributed by atoms with E-state index >= 15 is 0 Å². The fourth-order valence-corrected chi connectivity index (χ4v) is 4.79. The van der Waals surface area contributed by atoms with Gasteiger partial charge in [0.1, 0.15) is 0 Å². The van der Waals surface area contributed by atoms with E-state index < -0.39 is 0 Å². The fraction of sp³-hybridized carbons (Fsp3) is 0.619. The number of hydrogen-bond donors (Lipinski definition) is 2. The highest BCUT2D eigenvalue weighted by molar-refractivity contribution is 5.82. The van der Waals surface area contributed by atoms with Gasteiger partial charge in [-0.05, 0) is 42.7 Å². The predicted molar refractivity (Wildman–Crippen MR) is 100 cm³/mol. The molecular formula is C21H29N3O2. The summed E-state index contributed by atoms with van der Waals surface area (Å²) in [5.41, 5.74) is 2.24. The summed E-state index contributed by atoms with van der Waals surface area (Å²) in [7, 11) is 0. The van der Waals surface area contributed by atoms with Crippen LogP contribution in [-0.4, -0.2) is 35.3 Å². The molecule has 3 unspecified atom stereocenters. The Labute approximate surface area is 155 Å². The van der Waals surface area contributed by atoms with Crippen LogP contribution in [0.25, 0.3) is 0 Å². The molecule has 4 rings (SSSR count). The van der Waals surface area contributed by atoms with E-state index in [1.54, 1.807) is 0 Å². The monoisotopic (exact) mass is 355 g/mol. The van der Waals surface area contributed by atoms with Crippen LogP contribution in [0.2, 0.25) is 0 Å². The summed E-state index contributed by atoms with van der Waals surface area (Å²) in [4.78, 5) is 26.5. The van der Waals surface area contributed by atoms with E-state index in [0.29, 0.717) is 31.5 Å². The van der Waals surface area contributed by atoms with E-state index in [1.165, 1.54) is 25.7 Å². The van der Waals surface area contributed by atoms with Crippen molar-refractivity contribution < 1.29 is 9.59 Å². The van der Waals surface area contributed by atoms with Gasteiger partial charge in [0.15, 0.2) is 0 Å².